The number of amides is 1. The Morgan fingerprint density at radius 2 is 1.86 bits per heavy atom. The third kappa shape index (κ3) is 3.10. The Labute approximate surface area is 85.7 Å². The standard InChI is InChI=1S/C10H20N2O2/c1-6-8(13)9(14)12(5)10(2,3)7-11-4/h11H,6-7H2,1-5H3. The van der Waals surface area contributed by atoms with Crippen molar-refractivity contribution in [1.29, 1.82) is 0 Å². The Morgan fingerprint density at radius 3 is 2.21 bits per heavy atom. The lowest BCUT2D eigenvalue weighted by molar-refractivity contribution is -0.146. The molecule has 0 saturated carbocycles. The summed E-state index contributed by atoms with van der Waals surface area (Å²) in [6, 6.07) is 0. The van der Waals surface area contributed by atoms with Gasteiger partial charge >= 0.3 is 0 Å². The minimum absolute atomic E-state index is 0.263. The third-order valence-electron chi connectivity index (χ3n) is 2.38. The molecule has 14 heavy (non-hydrogen) atoms. The van der Waals surface area contributed by atoms with Gasteiger partial charge in [-0.05, 0) is 20.9 Å². The first-order valence-corrected chi connectivity index (χ1v) is 4.82. The van der Waals surface area contributed by atoms with E-state index in [9.17, 15) is 9.59 Å². The van der Waals surface area contributed by atoms with Crippen molar-refractivity contribution >= 4 is 11.7 Å². The van der Waals surface area contributed by atoms with E-state index in [0.29, 0.717) is 6.54 Å². The summed E-state index contributed by atoms with van der Waals surface area (Å²) in [7, 11) is 3.48. The van der Waals surface area contributed by atoms with Gasteiger partial charge < -0.3 is 10.2 Å². The molecule has 0 atom stereocenters. The molecule has 0 unspecified atom stereocenters. The smallest absolute Gasteiger partial charge is 0.290 e. The number of hydrogen-bond acceptors (Lipinski definition) is 3. The number of carbonyl (C=O) groups excluding carboxylic acids is 2. The number of rotatable bonds is 5. The summed E-state index contributed by atoms with van der Waals surface area (Å²) >= 11 is 0. The van der Waals surface area contributed by atoms with E-state index in [2.05, 4.69) is 5.32 Å². The van der Waals surface area contributed by atoms with Crippen LogP contribution in [0.3, 0.4) is 0 Å². The number of ketones is 1. The Hall–Kier alpha value is -0.900. The molecule has 0 fully saturated rings. The fraction of sp³-hybridized carbons (Fsp3) is 0.800. The second-order valence-electron chi connectivity index (χ2n) is 3.98. The maximum Gasteiger partial charge on any atom is 0.290 e. The van der Waals surface area contributed by atoms with Crippen LogP contribution < -0.4 is 5.32 Å². The zero-order valence-corrected chi connectivity index (χ0v) is 9.68. The molecule has 0 aromatic carbocycles. The molecule has 0 heterocycles. The summed E-state index contributed by atoms with van der Waals surface area (Å²) in [6.07, 6.45) is 0.263. The van der Waals surface area contributed by atoms with E-state index in [1.807, 2.05) is 20.9 Å². The van der Waals surface area contributed by atoms with Gasteiger partial charge in [-0.25, -0.2) is 0 Å². The topological polar surface area (TPSA) is 49.4 Å². The van der Waals surface area contributed by atoms with Crippen LogP contribution in [0.15, 0.2) is 0 Å². The van der Waals surface area contributed by atoms with Crippen LogP contribution in [0.25, 0.3) is 0 Å². The lowest BCUT2D eigenvalue weighted by Crippen LogP contribution is -2.52. The van der Waals surface area contributed by atoms with Gasteiger partial charge in [0.15, 0.2) is 0 Å². The summed E-state index contributed by atoms with van der Waals surface area (Å²) in [4.78, 5) is 24.2. The van der Waals surface area contributed by atoms with Crippen molar-refractivity contribution in [3.05, 3.63) is 0 Å². The molecule has 0 rings (SSSR count). The highest BCUT2D eigenvalue weighted by atomic mass is 16.2. The molecule has 1 amide bonds. The highest BCUT2D eigenvalue weighted by Crippen LogP contribution is 2.11. The number of carbonyl (C=O) groups is 2. The predicted octanol–water partition coefficient (Wildman–Crippen LogP) is 0.422. The fourth-order valence-electron chi connectivity index (χ4n) is 1.16. The highest BCUT2D eigenvalue weighted by molar-refractivity contribution is 6.36. The summed E-state index contributed by atoms with van der Waals surface area (Å²) in [6.45, 7) is 6.19. The van der Waals surface area contributed by atoms with Crippen molar-refractivity contribution in [2.24, 2.45) is 0 Å². The molecule has 4 nitrogen and oxygen atoms in total. The van der Waals surface area contributed by atoms with Gasteiger partial charge in [0, 0.05) is 25.6 Å². The molecular formula is C10H20N2O2. The molecule has 0 radical (unpaired) electrons. The van der Waals surface area contributed by atoms with Gasteiger partial charge in [0.2, 0.25) is 5.78 Å². The Balaban J connectivity index is 4.52. The molecule has 0 saturated heterocycles. The van der Waals surface area contributed by atoms with Crippen molar-refractivity contribution in [2.45, 2.75) is 32.7 Å². The monoisotopic (exact) mass is 200 g/mol. The first kappa shape index (κ1) is 13.1. The van der Waals surface area contributed by atoms with E-state index in [4.69, 9.17) is 0 Å². The summed E-state index contributed by atoms with van der Waals surface area (Å²) in [5, 5.41) is 3.00. The maximum atomic E-state index is 11.5. The average molecular weight is 200 g/mol. The van der Waals surface area contributed by atoms with E-state index >= 15 is 0 Å². The van der Waals surface area contributed by atoms with Crippen molar-refractivity contribution < 1.29 is 9.59 Å². The third-order valence-corrected chi connectivity index (χ3v) is 2.38. The van der Waals surface area contributed by atoms with Gasteiger partial charge in [0.25, 0.3) is 5.91 Å². The van der Waals surface area contributed by atoms with Crippen LogP contribution in [-0.2, 0) is 9.59 Å². The van der Waals surface area contributed by atoms with Crippen LogP contribution in [0.4, 0.5) is 0 Å². The van der Waals surface area contributed by atoms with E-state index in [1.54, 1.807) is 14.0 Å². The molecule has 0 spiro atoms. The minimum atomic E-state index is -0.409. The zero-order chi connectivity index (χ0) is 11.4. The second kappa shape index (κ2) is 5.10. The first-order valence-electron chi connectivity index (χ1n) is 4.82. The van der Waals surface area contributed by atoms with E-state index in [-0.39, 0.29) is 17.7 Å². The lowest BCUT2D eigenvalue weighted by atomic mass is 10.0. The van der Waals surface area contributed by atoms with Crippen LogP contribution >= 0.6 is 0 Å². The molecule has 1 N–H and O–H groups in total. The molecule has 82 valence electrons. The number of nitrogens with one attached hydrogen (secondary N) is 1. The van der Waals surface area contributed by atoms with Gasteiger partial charge in [0.05, 0.1) is 0 Å². The van der Waals surface area contributed by atoms with Crippen LogP contribution in [0.2, 0.25) is 0 Å². The van der Waals surface area contributed by atoms with Crippen LogP contribution in [0.1, 0.15) is 27.2 Å². The van der Waals surface area contributed by atoms with Crippen molar-refractivity contribution in [2.75, 3.05) is 20.6 Å². The van der Waals surface area contributed by atoms with Gasteiger partial charge in [0.1, 0.15) is 0 Å². The molecule has 0 bridgehead atoms. The Kier molecular flexibility index (Phi) is 4.77. The van der Waals surface area contributed by atoms with E-state index < -0.39 is 5.91 Å². The summed E-state index contributed by atoms with van der Waals surface area (Å²) in [5.41, 5.74) is -0.337. The van der Waals surface area contributed by atoms with E-state index in [1.165, 1.54) is 4.90 Å². The Morgan fingerprint density at radius 1 is 1.36 bits per heavy atom. The van der Waals surface area contributed by atoms with Crippen LogP contribution in [0.5, 0.6) is 0 Å². The second-order valence-corrected chi connectivity index (χ2v) is 3.98. The minimum Gasteiger partial charge on any atom is -0.333 e. The molecule has 0 aliphatic carbocycles. The van der Waals surface area contributed by atoms with Gasteiger partial charge in [-0.1, -0.05) is 6.92 Å². The quantitative estimate of drug-likeness (QED) is 0.654. The molecular weight excluding hydrogens is 180 g/mol. The number of Topliss-reactive ketones (excluding diaryl/α,β-unsaturated/α-hetero) is 1. The molecule has 4 heteroatoms. The number of likely N-dealkylation sites (N-methyl/N-ethyl adjacent to an activating group) is 2. The molecule has 0 aromatic rings. The summed E-state index contributed by atoms with van der Waals surface area (Å²) in [5.74, 6) is -0.746. The average Bonchev–Trinajstić information content (AvgIpc) is 2.14. The Bertz CT molecular complexity index is 224. The molecule has 0 aliphatic rings. The first-order chi connectivity index (χ1) is 6.36. The maximum absolute atomic E-state index is 11.5. The molecule has 0 aromatic heterocycles. The SMILES string of the molecule is CCC(=O)C(=O)N(C)C(C)(C)CNC. The predicted molar refractivity (Wildman–Crippen MR) is 56.1 cm³/mol. The van der Waals surface area contributed by atoms with Crippen molar-refractivity contribution in [3.8, 4) is 0 Å². The van der Waals surface area contributed by atoms with Gasteiger partial charge in [-0.3, -0.25) is 9.59 Å². The lowest BCUT2D eigenvalue weighted by Gasteiger charge is -2.35. The number of nitrogens with zero attached hydrogens (tertiary/aromatic N) is 1. The molecule has 0 aliphatic heterocycles. The van der Waals surface area contributed by atoms with Crippen LogP contribution in [0, 0.1) is 0 Å². The summed E-state index contributed by atoms with van der Waals surface area (Å²) < 4.78 is 0. The normalized spacial score (nSPS) is 11.2. The highest BCUT2D eigenvalue weighted by Gasteiger charge is 2.29. The van der Waals surface area contributed by atoms with E-state index in [0.717, 1.165) is 0 Å². The van der Waals surface area contributed by atoms with Gasteiger partial charge in [-0.2, -0.15) is 0 Å². The number of hydrogen-bond donors (Lipinski definition) is 1. The van der Waals surface area contributed by atoms with Crippen molar-refractivity contribution in [1.82, 2.24) is 10.2 Å². The van der Waals surface area contributed by atoms with Crippen molar-refractivity contribution in [3.63, 3.8) is 0 Å². The zero-order valence-electron chi connectivity index (χ0n) is 9.68. The van der Waals surface area contributed by atoms with Crippen LogP contribution in [-0.4, -0.2) is 42.8 Å². The fourth-order valence-corrected chi connectivity index (χ4v) is 1.16. The van der Waals surface area contributed by atoms with Gasteiger partial charge in [-0.15, -0.1) is 0 Å². The largest absolute Gasteiger partial charge is 0.333 e.